The van der Waals surface area contributed by atoms with Crippen molar-refractivity contribution in [2.24, 2.45) is 4.99 Å². The first kappa shape index (κ1) is 12.7. The van der Waals surface area contributed by atoms with Gasteiger partial charge in [0.1, 0.15) is 5.75 Å². The lowest BCUT2D eigenvalue weighted by atomic mass is 9.93. The molecule has 3 heteroatoms. The monoisotopic (exact) mass is 363 g/mol. The Morgan fingerprint density at radius 2 is 1.74 bits per heavy atom. The van der Waals surface area contributed by atoms with Crippen molar-refractivity contribution in [1.29, 1.82) is 0 Å². The minimum Gasteiger partial charge on any atom is -0.438 e. The SMILES string of the molecule is CC1(CI)N=C(c2ccccc2)Oc2ccccc21. The number of hydrogen-bond acceptors (Lipinski definition) is 2. The van der Waals surface area contributed by atoms with E-state index in [-0.39, 0.29) is 5.54 Å². The highest BCUT2D eigenvalue weighted by Gasteiger charge is 2.33. The predicted molar refractivity (Wildman–Crippen MR) is 86.3 cm³/mol. The topological polar surface area (TPSA) is 21.6 Å². The Balaban J connectivity index is 2.12. The van der Waals surface area contributed by atoms with E-state index < -0.39 is 0 Å². The zero-order chi connectivity index (χ0) is 13.3. The second kappa shape index (κ2) is 4.96. The van der Waals surface area contributed by atoms with Crippen LogP contribution in [0, 0.1) is 0 Å². The van der Waals surface area contributed by atoms with Gasteiger partial charge in [-0.15, -0.1) is 0 Å². The molecule has 1 aliphatic rings. The zero-order valence-electron chi connectivity index (χ0n) is 10.6. The van der Waals surface area contributed by atoms with Gasteiger partial charge in [0, 0.05) is 15.6 Å². The third-order valence-electron chi connectivity index (χ3n) is 3.30. The maximum atomic E-state index is 5.96. The molecule has 0 saturated carbocycles. The third kappa shape index (κ3) is 2.27. The molecule has 1 atom stereocenters. The fourth-order valence-electron chi connectivity index (χ4n) is 2.22. The lowest BCUT2D eigenvalue weighted by Crippen LogP contribution is -2.31. The number of hydrogen-bond donors (Lipinski definition) is 0. The van der Waals surface area contributed by atoms with Gasteiger partial charge >= 0.3 is 0 Å². The summed E-state index contributed by atoms with van der Waals surface area (Å²) in [6.07, 6.45) is 0. The maximum Gasteiger partial charge on any atom is 0.222 e. The molecule has 3 rings (SSSR count). The van der Waals surface area contributed by atoms with Crippen molar-refractivity contribution in [1.82, 2.24) is 0 Å². The van der Waals surface area contributed by atoms with Crippen molar-refractivity contribution < 1.29 is 4.74 Å². The number of ether oxygens (including phenoxy) is 1. The molecule has 0 spiro atoms. The fourth-order valence-corrected chi connectivity index (χ4v) is 2.80. The first-order valence-corrected chi connectivity index (χ1v) is 7.74. The lowest BCUT2D eigenvalue weighted by Gasteiger charge is -2.31. The van der Waals surface area contributed by atoms with E-state index >= 15 is 0 Å². The molecule has 1 heterocycles. The van der Waals surface area contributed by atoms with Crippen LogP contribution < -0.4 is 4.74 Å². The number of nitrogens with zero attached hydrogens (tertiary/aromatic N) is 1. The van der Waals surface area contributed by atoms with Crippen LogP contribution in [0.4, 0.5) is 0 Å². The minimum absolute atomic E-state index is 0.222. The molecule has 0 aliphatic carbocycles. The summed E-state index contributed by atoms with van der Waals surface area (Å²) in [6.45, 7) is 2.16. The molecule has 1 unspecified atom stereocenters. The molecule has 0 saturated heterocycles. The second-order valence-corrected chi connectivity index (χ2v) is 5.55. The Bertz CT molecular complexity index is 624. The number of alkyl halides is 1. The van der Waals surface area contributed by atoms with E-state index in [1.54, 1.807) is 0 Å². The van der Waals surface area contributed by atoms with Crippen molar-refractivity contribution in [2.45, 2.75) is 12.5 Å². The minimum atomic E-state index is -0.222. The quantitative estimate of drug-likeness (QED) is 0.580. The number of halogens is 1. The van der Waals surface area contributed by atoms with E-state index in [4.69, 9.17) is 9.73 Å². The highest BCUT2D eigenvalue weighted by molar-refractivity contribution is 14.1. The standard InChI is InChI=1S/C16H14INO/c1-16(11-17)13-9-5-6-10-14(13)19-15(18-16)12-7-3-2-4-8-12/h2-10H,11H2,1H3. The summed E-state index contributed by atoms with van der Waals surface area (Å²) in [5, 5.41) is 0. The van der Waals surface area contributed by atoms with Crippen molar-refractivity contribution in [3.63, 3.8) is 0 Å². The van der Waals surface area contributed by atoms with Crippen LogP contribution in [0.2, 0.25) is 0 Å². The summed E-state index contributed by atoms with van der Waals surface area (Å²) >= 11 is 2.39. The van der Waals surface area contributed by atoms with Gasteiger partial charge in [0.15, 0.2) is 0 Å². The highest BCUT2D eigenvalue weighted by atomic mass is 127. The molecule has 2 nitrogen and oxygen atoms in total. The van der Waals surface area contributed by atoms with E-state index in [2.05, 4.69) is 35.6 Å². The van der Waals surface area contributed by atoms with E-state index in [0.717, 1.165) is 21.3 Å². The fraction of sp³-hybridized carbons (Fsp3) is 0.188. The molecular formula is C16H14INO. The van der Waals surface area contributed by atoms with Gasteiger partial charge in [-0.1, -0.05) is 59.0 Å². The molecule has 19 heavy (non-hydrogen) atoms. The van der Waals surface area contributed by atoms with E-state index in [0.29, 0.717) is 5.90 Å². The summed E-state index contributed by atoms with van der Waals surface area (Å²) in [5.74, 6) is 1.62. The van der Waals surface area contributed by atoms with Crippen molar-refractivity contribution in [2.75, 3.05) is 4.43 Å². The van der Waals surface area contributed by atoms with Crippen LogP contribution in [0.3, 0.4) is 0 Å². The van der Waals surface area contributed by atoms with Crippen molar-refractivity contribution in [3.05, 3.63) is 65.7 Å². The average molecular weight is 363 g/mol. The largest absolute Gasteiger partial charge is 0.438 e. The first-order chi connectivity index (χ1) is 9.23. The van der Waals surface area contributed by atoms with Crippen LogP contribution >= 0.6 is 22.6 Å². The Morgan fingerprint density at radius 3 is 2.47 bits per heavy atom. The van der Waals surface area contributed by atoms with Gasteiger partial charge in [-0.3, -0.25) is 0 Å². The van der Waals surface area contributed by atoms with Gasteiger partial charge in [-0.25, -0.2) is 4.99 Å². The molecular weight excluding hydrogens is 349 g/mol. The first-order valence-electron chi connectivity index (χ1n) is 6.21. The second-order valence-electron chi connectivity index (χ2n) is 4.79. The molecule has 0 bridgehead atoms. The molecule has 0 aromatic heterocycles. The highest BCUT2D eigenvalue weighted by Crippen LogP contribution is 2.38. The van der Waals surface area contributed by atoms with Crippen LogP contribution in [0.25, 0.3) is 0 Å². The Morgan fingerprint density at radius 1 is 1.05 bits per heavy atom. The lowest BCUT2D eigenvalue weighted by molar-refractivity contribution is 0.449. The van der Waals surface area contributed by atoms with Crippen molar-refractivity contribution >= 4 is 28.5 Å². The Hall–Kier alpha value is -1.36. The molecule has 96 valence electrons. The smallest absolute Gasteiger partial charge is 0.222 e. The Kier molecular flexibility index (Phi) is 3.31. The summed E-state index contributed by atoms with van der Waals surface area (Å²) in [7, 11) is 0. The molecule has 0 fully saturated rings. The van der Waals surface area contributed by atoms with Crippen molar-refractivity contribution in [3.8, 4) is 5.75 Å². The van der Waals surface area contributed by atoms with Gasteiger partial charge in [-0.05, 0) is 25.1 Å². The van der Waals surface area contributed by atoms with E-state index in [1.807, 2.05) is 48.5 Å². The molecule has 0 amide bonds. The van der Waals surface area contributed by atoms with Gasteiger partial charge in [0.05, 0.1) is 5.54 Å². The van der Waals surface area contributed by atoms with Crippen LogP contribution in [-0.4, -0.2) is 10.3 Å². The number of benzene rings is 2. The predicted octanol–water partition coefficient (Wildman–Crippen LogP) is 4.18. The summed E-state index contributed by atoms with van der Waals surface area (Å²) in [6, 6.07) is 18.2. The number of fused-ring (bicyclic) bond motifs is 1. The van der Waals surface area contributed by atoms with Crippen LogP contribution in [0.5, 0.6) is 5.75 Å². The van der Waals surface area contributed by atoms with Crippen LogP contribution in [0.1, 0.15) is 18.1 Å². The van der Waals surface area contributed by atoms with Gasteiger partial charge in [0.2, 0.25) is 5.90 Å². The summed E-state index contributed by atoms with van der Waals surface area (Å²) < 4.78 is 6.88. The number of para-hydroxylation sites is 1. The number of aliphatic imine (C=N–C) groups is 1. The summed E-state index contributed by atoms with van der Waals surface area (Å²) in [4.78, 5) is 4.83. The molecule has 2 aromatic carbocycles. The van der Waals surface area contributed by atoms with E-state index in [1.165, 1.54) is 0 Å². The molecule has 0 N–H and O–H groups in total. The van der Waals surface area contributed by atoms with Crippen LogP contribution in [-0.2, 0) is 5.54 Å². The van der Waals surface area contributed by atoms with E-state index in [9.17, 15) is 0 Å². The Labute approximate surface area is 126 Å². The molecule has 2 aromatic rings. The third-order valence-corrected chi connectivity index (χ3v) is 4.79. The number of rotatable bonds is 2. The normalized spacial score (nSPS) is 21.3. The van der Waals surface area contributed by atoms with Gasteiger partial charge < -0.3 is 4.74 Å². The van der Waals surface area contributed by atoms with Gasteiger partial charge in [0.25, 0.3) is 0 Å². The average Bonchev–Trinajstić information content (AvgIpc) is 2.48. The maximum absolute atomic E-state index is 5.96. The van der Waals surface area contributed by atoms with Crippen LogP contribution in [0.15, 0.2) is 59.6 Å². The zero-order valence-corrected chi connectivity index (χ0v) is 12.8. The van der Waals surface area contributed by atoms with Gasteiger partial charge in [-0.2, -0.15) is 0 Å². The molecule has 1 aliphatic heterocycles. The molecule has 0 radical (unpaired) electrons. The summed E-state index contributed by atoms with van der Waals surface area (Å²) in [5.41, 5.74) is 1.96.